The maximum Gasteiger partial charge on any atom is 0.407 e. The Hall–Kier alpha value is -0.810. The number of alkyl carbamates (subject to hydrolysis) is 1. The zero-order chi connectivity index (χ0) is 10.7. The minimum Gasteiger partial charge on any atom is -0.442 e. The predicted molar refractivity (Wildman–Crippen MR) is 54.4 cm³/mol. The molecule has 1 saturated carbocycles. The van der Waals surface area contributed by atoms with E-state index in [0.29, 0.717) is 25.6 Å². The third kappa shape index (κ3) is 2.60. The number of hydrogen-bond acceptors (Lipinski definition) is 4. The maximum atomic E-state index is 10.8. The Morgan fingerprint density at radius 2 is 2.40 bits per heavy atom. The van der Waals surface area contributed by atoms with Gasteiger partial charge in [0.2, 0.25) is 0 Å². The molecule has 0 bridgehead atoms. The van der Waals surface area contributed by atoms with Crippen molar-refractivity contribution in [1.82, 2.24) is 5.32 Å². The van der Waals surface area contributed by atoms with E-state index in [-0.39, 0.29) is 18.3 Å². The van der Waals surface area contributed by atoms with Crippen LogP contribution in [-0.2, 0) is 9.47 Å². The fraction of sp³-hybridized carbons (Fsp3) is 0.900. The van der Waals surface area contributed by atoms with Gasteiger partial charge in [-0.2, -0.15) is 0 Å². The van der Waals surface area contributed by atoms with Crippen LogP contribution in [0.15, 0.2) is 0 Å². The summed E-state index contributed by atoms with van der Waals surface area (Å²) >= 11 is 0. The highest BCUT2D eigenvalue weighted by Gasteiger charge is 2.29. The normalized spacial score (nSPS) is 35.3. The minimum absolute atomic E-state index is 0.128. The Morgan fingerprint density at radius 1 is 1.53 bits per heavy atom. The van der Waals surface area contributed by atoms with Gasteiger partial charge < -0.3 is 20.5 Å². The summed E-state index contributed by atoms with van der Waals surface area (Å²) in [5.74, 6) is 0.482. The standard InChI is InChI=1S/C10H18N2O3/c11-4-7-2-1-3-9(7)14-6-8-5-12-10(13)15-8/h7-9H,1-6,11H2,(H,12,13). The number of ether oxygens (including phenoxy) is 2. The summed E-state index contributed by atoms with van der Waals surface area (Å²) in [6.45, 7) is 1.73. The molecule has 2 fully saturated rings. The Bertz CT molecular complexity index is 235. The Kier molecular flexibility index (Phi) is 3.43. The molecule has 2 rings (SSSR count). The molecule has 5 heteroatoms. The van der Waals surface area contributed by atoms with Crippen molar-refractivity contribution in [2.24, 2.45) is 11.7 Å². The lowest BCUT2D eigenvalue weighted by Crippen LogP contribution is -2.29. The zero-order valence-electron chi connectivity index (χ0n) is 8.78. The van der Waals surface area contributed by atoms with E-state index >= 15 is 0 Å². The summed E-state index contributed by atoms with van der Waals surface area (Å²) in [5, 5.41) is 2.60. The molecule has 3 atom stereocenters. The molecule has 1 aliphatic heterocycles. The Morgan fingerprint density at radius 3 is 3.07 bits per heavy atom. The van der Waals surface area contributed by atoms with Gasteiger partial charge in [0.1, 0.15) is 6.10 Å². The lowest BCUT2D eigenvalue weighted by molar-refractivity contribution is -0.0148. The minimum atomic E-state index is -0.342. The average Bonchev–Trinajstić information content (AvgIpc) is 2.83. The number of nitrogens with one attached hydrogen (secondary N) is 1. The SMILES string of the molecule is NCC1CCCC1OCC1CNC(=O)O1. The summed E-state index contributed by atoms with van der Waals surface area (Å²) < 4.78 is 10.7. The maximum absolute atomic E-state index is 10.8. The van der Waals surface area contributed by atoms with E-state index in [4.69, 9.17) is 15.2 Å². The second-order valence-corrected chi connectivity index (χ2v) is 4.21. The molecular weight excluding hydrogens is 196 g/mol. The van der Waals surface area contributed by atoms with Gasteiger partial charge in [-0.3, -0.25) is 0 Å². The molecule has 5 nitrogen and oxygen atoms in total. The van der Waals surface area contributed by atoms with Crippen LogP contribution in [0.25, 0.3) is 0 Å². The molecule has 3 unspecified atom stereocenters. The molecule has 2 aliphatic rings. The highest BCUT2D eigenvalue weighted by atomic mass is 16.6. The topological polar surface area (TPSA) is 73.6 Å². The van der Waals surface area contributed by atoms with Crippen molar-refractivity contribution in [3.05, 3.63) is 0 Å². The van der Waals surface area contributed by atoms with Gasteiger partial charge in [0.05, 0.1) is 19.3 Å². The van der Waals surface area contributed by atoms with Crippen molar-refractivity contribution in [2.45, 2.75) is 31.5 Å². The number of hydrogen-bond donors (Lipinski definition) is 2. The van der Waals surface area contributed by atoms with E-state index in [9.17, 15) is 4.79 Å². The van der Waals surface area contributed by atoms with Gasteiger partial charge in [0.25, 0.3) is 0 Å². The van der Waals surface area contributed by atoms with Gasteiger partial charge in [0.15, 0.2) is 0 Å². The molecule has 0 spiro atoms. The summed E-state index contributed by atoms with van der Waals surface area (Å²) in [5.41, 5.74) is 5.65. The molecule has 0 aromatic carbocycles. The van der Waals surface area contributed by atoms with Crippen molar-refractivity contribution >= 4 is 6.09 Å². The summed E-state index contributed by atoms with van der Waals surface area (Å²) in [4.78, 5) is 10.8. The zero-order valence-corrected chi connectivity index (χ0v) is 8.78. The number of nitrogens with two attached hydrogens (primary N) is 1. The molecule has 1 heterocycles. The van der Waals surface area contributed by atoms with E-state index < -0.39 is 0 Å². The molecule has 1 saturated heterocycles. The van der Waals surface area contributed by atoms with Gasteiger partial charge >= 0.3 is 6.09 Å². The van der Waals surface area contributed by atoms with E-state index in [1.165, 1.54) is 6.42 Å². The molecule has 0 aromatic heterocycles. The van der Waals surface area contributed by atoms with Gasteiger partial charge in [-0.05, 0) is 25.3 Å². The molecule has 1 aliphatic carbocycles. The summed E-state index contributed by atoms with van der Waals surface area (Å²) in [7, 11) is 0. The average molecular weight is 214 g/mol. The molecule has 15 heavy (non-hydrogen) atoms. The van der Waals surface area contributed by atoms with Gasteiger partial charge in [0, 0.05) is 0 Å². The molecule has 0 radical (unpaired) electrons. The first-order valence-electron chi connectivity index (χ1n) is 5.55. The van der Waals surface area contributed by atoms with Crippen molar-refractivity contribution in [2.75, 3.05) is 19.7 Å². The molecule has 86 valence electrons. The van der Waals surface area contributed by atoms with Crippen LogP contribution < -0.4 is 11.1 Å². The van der Waals surface area contributed by atoms with E-state index in [2.05, 4.69) is 5.32 Å². The van der Waals surface area contributed by atoms with E-state index in [1.54, 1.807) is 0 Å². The number of rotatable bonds is 4. The van der Waals surface area contributed by atoms with Crippen LogP contribution in [0.5, 0.6) is 0 Å². The Balaban J connectivity index is 1.71. The van der Waals surface area contributed by atoms with Crippen LogP contribution in [0.4, 0.5) is 4.79 Å². The van der Waals surface area contributed by atoms with Crippen molar-refractivity contribution in [1.29, 1.82) is 0 Å². The quantitative estimate of drug-likeness (QED) is 0.703. The fourth-order valence-corrected chi connectivity index (χ4v) is 2.25. The van der Waals surface area contributed by atoms with Gasteiger partial charge in [-0.25, -0.2) is 4.79 Å². The molecular formula is C10H18N2O3. The van der Waals surface area contributed by atoms with Crippen LogP contribution in [-0.4, -0.2) is 38.0 Å². The van der Waals surface area contributed by atoms with E-state index in [0.717, 1.165) is 12.8 Å². The first-order valence-corrected chi connectivity index (χ1v) is 5.55. The Labute approximate surface area is 89.3 Å². The highest BCUT2D eigenvalue weighted by Crippen LogP contribution is 2.27. The number of amides is 1. The summed E-state index contributed by atoms with van der Waals surface area (Å²) in [6.07, 6.45) is 3.21. The third-order valence-electron chi connectivity index (χ3n) is 3.14. The molecule has 3 N–H and O–H groups in total. The third-order valence-corrected chi connectivity index (χ3v) is 3.14. The van der Waals surface area contributed by atoms with Crippen LogP contribution in [0, 0.1) is 5.92 Å². The van der Waals surface area contributed by atoms with Gasteiger partial charge in [-0.15, -0.1) is 0 Å². The molecule has 1 amide bonds. The number of carbonyl (C=O) groups excluding carboxylic acids is 1. The van der Waals surface area contributed by atoms with Crippen molar-refractivity contribution < 1.29 is 14.3 Å². The predicted octanol–water partition coefficient (Wildman–Crippen LogP) is 0.239. The second-order valence-electron chi connectivity index (χ2n) is 4.21. The lowest BCUT2D eigenvalue weighted by Gasteiger charge is -2.19. The van der Waals surface area contributed by atoms with E-state index in [1.807, 2.05) is 0 Å². The van der Waals surface area contributed by atoms with Crippen LogP contribution in [0.1, 0.15) is 19.3 Å². The monoisotopic (exact) mass is 214 g/mol. The first-order chi connectivity index (χ1) is 7.29. The number of cyclic esters (lactones) is 1. The largest absolute Gasteiger partial charge is 0.442 e. The molecule has 0 aromatic rings. The fourth-order valence-electron chi connectivity index (χ4n) is 2.25. The summed E-state index contributed by atoms with van der Waals surface area (Å²) in [6, 6.07) is 0. The van der Waals surface area contributed by atoms with Crippen LogP contribution >= 0.6 is 0 Å². The van der Waals surface area contributed by atoms with Crippen molar-refractivity contribution in [3.8, 4) is 0 Å². The first kappa shape index (κ1) is 10.7. The van der Waals surface area contributed by atoms with Crippen LogP contribution in [0.2, 0.25) is 0 Å². The lowest BCUT2D eigenvalue weighted by atomic mass is 10.1. The second kappa shape index (κ2) is 4.81. The van der Waals surface area contributed by atoms with Gasteiger partial charge in [-0.1, -0.05) is 6.42 Å². The highest BCUT2D eigenvalue weighted by molar-refractivity contribution is 5.69. The smallest absolute Gasteiger partial charge is 0.407 e. The number of carbonyl (C=O) groups is 1. The van der Waals surface area contributed by atoms with Crippen LogP contribution in [0.3, 0.4) is 0 Å². The van der Waals surface area contributed by atoms with Crippen molar-refractivity contribution in [3.63, 3.8) is 0 Å².